The first-order chi connectivity index (χ1) is 10.3. The number of hydrogen-bond acceptors (Lipinski definition) is 3. The van der Waals surface area contributed by atoms with E-state index in [0.29, 0.717) is 22.7 Å². The predicted molar refractivity (Wildman–Crippen MR) is 87.4 cm³/mol. The van der Waals surface area contributed by atoms with E-state index < -0.39 is 0 Å². The third-order valence-electron chi connectivity index (χ3n) is 3.18. The lowest BCUT2D eigenvalue weighted by molar-refractivity contribution is 0.373. The Morgan fingerprint density at radius 2 is 1.71 bits per heavy atom. The van der Waals surface area contributed by atoms with Gasteiger partial charge in [-0.2, -0.15) is 0 Å². The standard InChI is InChI=1S/C17H14BrNO2/c1-20-15-8-4-5-9-16(15)21-17-13(11-18)10-12-6-2-3-7-14(12)19-17/h2-10H,11H2,1H3. The normalized spacial score (nSPS) is 10.6. The van der Waals surface area contributed by atoms with Crippen LogP contribution in [0.2, 0.25) is 0 Å². The molecule has 106 valence electrons. The maximum Gasteiger partial charge on any atom is 0.224 e. The average Bonchev–Trinajstić information content (AvgIpc) is 2.54. The highest BCUT2D eigenvalue weighted by atomic mass is 79.9. The van der Waals surface area contributed by atoms with Gasteiger partial charge in [-0.1, -0.05) is 46.3 Å². The number of methoxy groups -OCH3 is 1. The molecule has 0 fully saturated rings. The molecule has 0 radical (unpaired) electrons. The minimum absolute atomic E-state index is 0.593. The minimum Gasteiger partial charge on any atom is -0.493 e. The first-order valence-corrected chi connectivity index (χ1v) is 7.69. The molecule has 0 unspecified atom stereocenters. The second kappa shape index (κ2) is 6.14. The monoisotopic (exact) mass is 343 g/mol. The third kappa shape index (κ3) is 2.85. The van der Waals surface area contributed by atoms with Crippen molar-refractivity contribution in [2.45, 2.75) is 5.33 Å². The smallest absolute Gasteiger partial charge is 0.224 e. The topological polar surface area (TPSA) is 31.4 Å². The van der Waals surface area contributed by atoms with Crippen molar-refractivity contribution in [1.29, 1.82) is 0 Å². The second-order valence-electron chi connectivity index (χ2n) is 4.53. The van der Waals surface area contributed by atoms with Crippen molar-refractivity contribution in [3.05, 3.63) is 60.2 Å². The summed E-state index contributed by atoms with van der Waals surface area (Å²) in [6.45, 7) is 0. The number of pyridine rings is 1. The van der Waals surface area contributed by atoms with Crippen LogP contribution >= 0.6 is 15.9 Å². The van der Waals surface area contributed by atoms with E-state index in [1.807, 2.05) is 48.5 Å². The van der Waals surface area contributed by atoms with Crippen molar-refractivity contribution in [3.8, 4) is 17.4 Å². The van der Waals surface area contributed by atoms with Crippen LogP contribution in [-0.2, 0) is 5.33 Å². The summed E-state index contributed by atoms with van der Waals surface area (Å²) in [6.07, 6.45) is 0. The van der Waals surface area contributed by atoms with E-state index in [4.69, 9.17) is 9.47 Å². The van der Waals surface area contributed by atoms with Crippen molar-refractivity contribution >= 4 is 26.8 Å². The Labute approximate surface area is 131 Å². The molecule has 0 aliphatic heterocycles. The highest BCUT2D eigenvalue weighted by Gasteiger charge is 2.11. The quantitative estimate of drug-likeness (QED) is 0.629. The number of rotatable bonds is 4. The average molecular weight is 344 g/mol. The SMILES string of the molecule is COc1ccccc1Oc1nc2ccccc2cc1CBr. The van der Waals surface area contributed by atoms with Crippen LogP contribution < -0.4 is 9.47 Å². The number of aromatic nitrogens is 1. The van der Waals surface area contributed by atoms with Crippen LogP contribution in [0.4, 0.5) is 0 Å². The molecule has 3 nitrogen and oxygen atoms in total. The molecule has 0 bridgehead atoms. The lowest BCUT2D eigenvalue weighted by Gasteiger charge is -2.12. The summed E-state index contributed by atoms with van der Waals surface area (Å²) >= 11 is 3.49. The van der Waals surface area contributed by atoms with Crippen molar-refractivity contribution in [2.24, 2.45) is 0 Å². The molecule has 4 heteroatoms. The minimum atomic E-state index is 0.593. The molecule has 0 aliphatic rings. The number of fused-ring (bicyclic) bond motifs is 1. The summed E-state index contributed by atoms with van der Waals surface area (Å²) in [7, 11) is 1.63. The molecule has 1 heterocycles. The van der Waals surface area contributed by atoms with Gasteiger partial charge >= 0.3 is 0 Å². The molecule has 0 N–H and O–H groups in total. The maximum absolute atomic E-state index is 5.96. The van der Waals surface area contributed by atoms with Crippen LogP contribution in [-0.4, -0.2) is 12.1 Å². The molecule has 1 aromatic heterocycles. The van der Waals surface area contributed by atoms with Gasteiger partial charge < -0.3 is 9.47 Å². The summed E-state index contributed by atoms with van der Waals surface area (Å²) in [4.78, 5) is 4.61. The summed E-state index contributed by atoms with van der Waals surface area (Å²) in [5, 5.41) is 1.77. The van der Waals surface area contributed by atoms with Crippen molar-refractivity contribution in [2.75, 3.05) is 7.11 Å². The second-order valence-corrected chi connectivity index (χ2v) is 5.09. The highest BCUT2D eigenvalue weighted by Crippen LogP contribution is 2.33. The maximum atomic E-state index is 5.96. The van der Waals surface area contributed by atoms with Gasteiger partial charge in [0, 0.05) is 16.3 Å². The molecule has 0 saturated heterocycles. The molecular weight excluding hydrogens is 330 g/mol. The van der Waals surface area contributed by atoms with E-state index in [1.54, 1.807) is 7.11 Å². The van der Waals surface area contributed by atoms with E-state index in [0.717, 1.165) is 16.5 Å². The first-order valence-electron chi connectivity index (χ1n) is 6.57. The molecular formula is C17H14BrNO2. The third-order valence-corrected chi connectivity index (χ3v) is 3.79. The van der Waals surface area contributed by atoms with Gasteiger partial charge in [0.2, 0.25) is 5.88 Å². The van der Waals surface area contributed by atoms with Gasteiger partial charge in [0.05, 0.1) is 12.6 Å². The Balaban J connectivity index is 2.06. The van der Waals surface area contributed by atoms with Crippen LogP contribution in [0.3, 0.4) is 0 Å². The molecule has 3 aromatic rings. The fourth-order valence-electron chi connectivity index (χ4n) is 2.13. The summed E-state index contributed by atoms with van der Waals surface area (Å²) < 4.78 is 11.3. The highest BCUT2D eigenvalue weighted by molar-refractivity contribution is 9.08. The van der Waals surface area contributed by atoms with Crippen LogP contribution in [0, 0.1) is 0 Å². The van der Waals surface area contributed by atoms with Gasteiger partial charge in [-0.3, -0.25) is 0 Å². The molecule has 21 heavy (non-hydrogen) atoms. The lowest BCUT2D eigenvalue weighted by atomic mass is 10.2. The Kier molecular flexibility index (Phi) is 4.06. The molecule has 0 aliphatic carbocycles. The summed E-state index contributed by atoms with van der Waals surface area (Å²) in [5.41, 5.74) is 1.91. The number of alkyl halides is 1. The Bertz CT molecular complexity index is 774. The van der Waals surface area contributed by atoms with E-state index in [2.05, 4.69) is 27.0 Å². The zero-order chi connectivity index (χ0) is 14.7. The van der Waals surface area contributed by atoms with Crippen LogP contribution in [0.15, 0.2) is 54.6 Å². The van der Waals surface area contributed by atoms with Crippen LogP contribution in [0.1, 0.15) is 5.56 Å². The van der Waals surface area contributed by atoms with Gasteiger partial charge in [-0.25, -0.2) is 4.98 Å². The van der Waals surface area contributed by atoms with Crippen molar-refractivity contribution in [1.82, 2.24) is 4.98 Å². The number of hydrogen-bond donors (Lipinski definition) is 0. The van der Waals surface area contributed by atoms with Crippen molar-refractivity contribution in [3.63, 3.8) is 0 Å². The van der Waals surface area contributed by atoms with Crippen LogP contribution in [0.5, 0.6) is 17.4 Å². The first kappa shape index (κ1) is 13.9. The van der Waals surface area contributed by atoms with Gasteiger partial charge in [-0.05, 0) is 24.3 Å². The van der Waals surface area contributed by atoms with E-state index in [1.165, 1.54) is 0 Å². The van der Waals surface area contributed by atoms with Crippen LogP contribution in [0.25, 0.3) is 10.9 Å². The van der Waals surface area contributed by atoms with Crippen molar-refractivity contribution < 1.29 is 9.47 Å². The number of para-hydroxylation sites is 3. The van der Waals surface area contributed by atoms with E-state index >= 15 is 0 Å². The Morgan fingerprint density at radius 3 is 2.48 bits per heavy atom. The molecule has 0 amide bonds. The molecule has 0 atom stereocenters. The fraction of sp³-hybridized carbons (Fsp3) is 0.118. The number of ether oxygens (including phenoxy) is 2. The van der Waals surface area contributed by atoms with E-state index in [9.17, 15) is 0 Å². The Morgan fingerprint density at radius 1 is 1.00 bits per heavy atom. The number of benzene rings is 2. The zero-order valence-corrected chi connectivity index (χ0v) is 13.1. The summed E-state index contributed by atoms with van der Waals surface area (Å²) in [6, 6.07) is 17.6. The fourth-order valence-corrected chi connectivity index (χ4v) is 2.54. The van der Waals surface area contributed by atoms with Gasteiger partial charge in [-0.15, -0.1) is 0 Å². The number of nitrogens with zero attached hydrogens (tertiary/aromatic N) is 1. The predicted octanol–water partition coefficient (Wildman–Crippen LogP) is 4.93. The molecule has 2 aromatic carbocycles. The lowest BCUT2D eigenvalue weighted by Crippen LogP contribution is -1.96. The van der Waals surface area contributed by atoms with Gasteiger partial charge in [0.1, 0.15) is 0 Å². The molecule has 0 spiro atoms. The van der Waals surface area contributed by atoms with Gasteiger partial charge in [0.25, 0.3) is 0 Å². The van der Waals surface area contributed by atoms with Gasteiger partial charge in [0.15, 0.2) is 11.5 Å². The zero-order valence-electron chi connectivity index (χ0n) is 11.5. The summed E-state index contributed by atoms with van der Waals surface area (Å²) in [5.74, 6) is 1.94. The molecule has 3 rings (SSSR count). The number of halogens is 1. The molecule has 0 saturated carbocycles. The van der Waals surface area contributed by atoms with E-state index in [-0.39, 0.29) is 0 Å². The Hall–Kier alpha value is -2.07. The largest absolute Gasteiger partial charge is 0.493 e.